The van der Waals surface area contributed by atoms with Gasteiger partial charge in [-0.2, -0.15) is 0 Å². The van der Waals surface area contributed by atoms with E-state index in [1.54, 1.807) is 12.1 Å². The second-order valence-electron chi connectivity index (χ2n) is 3.53. The molecule has 0 radical (unpaired) electrons. The molecule has 5 nitrogen and oxygen atoms in total. The van der Waals surface area contributed by atoms with E-state index in [4.69, 9.17) is 11.5 Å². The van der Waals surface area contributed by atoms with Gasteiger partial charge < -0.3 is 15.7 Å². The van der Waals surface area contributed by atoms with Crippen molar-refractivity contribution in [3.8, 4) is 12.3 Å². The SMILES string of the molecule is C#CCC(NC(=O)Nc1ccc(I)c(Br)c1)C(=O)O. The van der Waals surface area contributed by atoms with Gasteiger partial charge >= 0.3 is 12.0 Å². The van der Waals surface area contributed by atoms with E-state index in [9.17, 15) is 9.59 Å². The van der Waals surface area contributed by atoms with E-state index in [2.05, 4.69) is 55.1 Å². The Balaban J connectivity index is 2.66. The average molecular weight is 437 g/mol. The molecule has 0 bridgehead atoms. The number of carboxylic acid groups (broad SMARTS) is 1. The fraction of sp³-hybridized carbons (Fsp3) is 0.167. The topological polar surface area (TPSA) is 78.4 Å². The third-order valence-electron chi connectivity index (χ3n) is 2.10. The molecule has 0 aliphatic heterocycles. The number of carbonyl (C=O) groups is 2. The minimum absolute atomic E-state index is 0.0703. The Hall–Kier alpha value is -1.27. The molecule has 0 saturated heterocycles. The van der Waals surface area contributed by atoms with Crippen LogP contribution in [0.15, 0.2) is 22.7 Å². The molecule has 0 spiro atoms. The number of nitrogens with one attached hydrogen (secondary N) is 2. The fourth-order valence-electron chi connectivity index (χ4n) is 1.22. The number of anilines is 1. The van der Waals surface area contributed by atoms with Crippen molar-refractivity contribution in [2.75, 3.05) is 5.32 Å². The zero-order chi connectivity index (χ0) is 14.4. The van der Waals surface area contributed by atoms with E-state index in [1.807, 2.05) is 6.07 Å². The number of aliphatic carboxylic acids is 1. The maximum atomic E-state index is 11.6. The van der Waals surface area contributed by atoms with Gasteiger partial charge in [-0.25, -0.2) is 9.59 Å². The number of rotatable bonds is 4. The van der Waals surface area contributed by atoms with E-state index < -0.39 is 18.0 Å². The second kappa shape index (κ2) is 7.35. The van der Waals surface area contributed by atoms with Crippen molar-refractivity contribution in [1.82, 2.24) is 5.32 Å². The number of halogens is 2. The fourth-order valence-corrected chi connectivity index (χ4v) is 1.93. The van der Waals surface area contributed by atoms with Crippen molar-refractivity contribution >= 4 is 56.2 Å². The summed E-state index contributed by atoms with van der Waals surface area (Å²) in [5.74, 6) is 1.03. The van der Waals surface area contributed by atoms with Crippen LogP contribution in [-0.2, 0) is 4.79 Å². The lowest BCUT2D eigenvalue weighted by Gasteiger charge is -2.13. The molecule has 0 aliphatic rings. The number of carboxylic acids is 1. The molecule has 1 rings (SSSR count). The van der Waals surface area contributed by atoms with E-state index in [0.717, 1.165) is 8.04 Å². The van der Waals surface area contributed by atoms with Gasteiger partial charge in [0.05, 0.1) is 0 Å². The number of terminal acetylenes is 1. The van der Waals surface area contributed by atoms with E-state index >= 15 is 0 Å². The van der Waals surface area contributed by atoms with Gasteiger partial charge in [0.15, 0.2) is 0 Å². The predicted octanol–water partition coefficient (Wildman–Crippen LogP) is 2.65. The average Bonchev–Trinajstić information content (AvgIpc) is 2.33. The molecular formula is C12H10BrIN2O3. The van der Waals surface area contributed by atoms with Crippen LogP contribution in [0.2, 0.25) is 0 Å². The highest BCUT2D eigenvalue weighted by Gasteiger charge is 2.18. The minimum atomic E-state index is -1.17. The molecule has 1 aromatic rings. The summed E-state index contributed by atoms with van der Waals surface area (Å²) < 4.78 is 1.84. The molecule has 1 aromatic carbocycles. The summed E-state index contributed by atoms with van der Waals surface area (Å²) in [6.07, 6.45) is 4.97. The van der Waals surface area contributed by atoms with Crippen LogP contribution in [0.3, 0.4) is 0 Å². The maximum Gasteiger partial charge on any atom is 0.327 e. The zero-order valence-corrected chi connectivity index (χ0v) is 13.4. The molecule has 0 saturated carbocycles. The highest BCUT2D eigenvalue weighted by molar-refractivity contribution is 14.1. The van der Waals surface area contributed by atoms with Crippen molar-refractivity contribution in [2.24, 2.45) is 0 Å². The van der Waals surface area contributed by atoms with Gasteiger partial charge in [0, 0.05) is 20.2 Å². The Bertz CT molecular complexity index is 542. The summed E-state index contributed by atoms with van der Waals surface area (Å²) in [6, 6.07) is 3.53. The van der Waals surface area contributed by atoms with Crippen LogP contribution in [0, 0.1) is 15.9 Å². The lowest BCUT2D eigenvalue weighted by atomic mass is 10.2. The number of benzene rings is 1. The third-order valence-corrected chi connectivity index (χ3v) is 4.44. The third kappa shape index (κ3) is 5.08. The van der Waals surface area contributed by atoms with Crippen LogP contribution < -0.4 is 10.6 Å². The van der Waals surface area contributed by atoms with Crippen molar-refractivity contribution < 1.29 is 14.7 Å². The van der Waals surface area contributed by atoms with Crippen molar-refractivity contribution in [1.29, 1.82) is 0 Å². The van der Waals surface area contributed by atoms with Crippen molar-refractivity contribution in [3.05, 3.63) is 26.2 Å². The molecule has 1 unspecified atom stereocenters. The Labute approximate surface area is 132 Å². The standard InChI is InChI=1S/C12H10BrIN2O3/c1-2-3-10(11(17)18)16-12(19)15-7-4-5-9(14)8(13)6-7/h1,4-6,10H,3H2,(H,17,18)(H2,15,16,19). The van der Waals surface area contributed by atoms with Crippen LogP contribution >= 0.6 is 38.5 Å². The largest absolute Gasteiger partial charge is 0.480 e. The van der Waals surface area contributed by atoms with Crippen LogP contribution in [0.25, 0.3) is 0 Å². The van der Waals surface area contributed by atoms with Crippen molar-refractivity contribution in [2.45, 2.75) is 12.5 Å². The van der Waals surface area contributed by atoms with Gasteiger partial charge in [-0.1, -0.05) is 0 Å². The Morgan fingerprint density at radius 3 is 2.74 bits per heavy atom. The normalized spacial score (nSPS) is 11.2. The lowest BCUT2D eigenvalue weighted by Crippen LogP contribution is -2.42. The predicted molar refractivity (Wildman–Crippen MR) is 83.9 cm³/mol. The van der Waals surface area contributed by atoms with E-state index in [-0.39, 0.29) is 6.42 Å². The molecule has 1 atom stereocenters. The summed E-state index contributed by atoms with van der Waals surface area (Å²) >= 11 is 5.47. The Kier molecular flexibility index (Phi) is 6.11. The summed E-state index contributed by atoms with van der Waals surface area (Å²) in [4.78, 5) is 22.5. The number of amides is 2. The number of carbonyl (C=O) groups excluding carboxylic acids is 1. The van der Waals surface area contributed by atoms with Crippen LogP contribution in [0.5, 0.6) is 0 Å². The summed E-state index contributed by atoms with van der Waals surface area (Å²) in [6.45, 7) is 0. The van der Waals surface area contributed by atoms with Gasteiger partial charge in [0.1, 0.15) is 6.04 Å². The molecule has 3 N–H and O–H groups in total. The van der Waals surface area contributed by atoms with Gasteiger partial charge in [0.2, 0.25) is 0 Å². The molecular weight excluding hydrogens is 427 g/mol. The molecule has 0 heterocycles. The highest BCUT2D eigenvalue weighted by Crippen LogP contribution is 2.22. The van der Waals surface area contributed by atoms with E-state index in [1.165, 1.54) is 0 Å². The first-order valence-electron chi connectivity index (χ1n) is 5.13. The number of urea groups is 1. The van der Waals surface area contributed by atoms with Crippen molar-refractivity contribution in [3.63, 3.8) is 0 Å². The lowest BCUT2D eigenvalue weighted by molar-refractivity contribution is -0.139. The van der Waals surface area contributed by atoms with Gasteiger partial charge in [0.25, 0.3) is 0 Å². The quantitative estimate of drug-likeness (QED) is 0.501. The first-order valence-corrected chi connectivity index (χ1v) is 7.00. The van der Waals surface area contributed by atoms with Gasteiger partial charge in [-0.15, -0.1) is 12.3 Å². The Morgan fingerprint density at radius 2 is 2.21 bits per heavy atom. The molecule has 19 heavy (non-hydrogen) atoms. The first kappa shape index (κ1) is 15.8. The summed E-state index contributed by atoms with van der Waals surface area (Å²) in [7, 11) is 0. The summed E-state index contributed by atoms with van der Waals surface area (Å²) in [5, 5.41) is 13.7. The monoisotopic (exact) mass is 436 g/mol. The van der Waals surface area contributed by atoms with Crippen LogP contribution in [0.4, 0.5) is 10.5 Å². The highest BCUT2D eigenvalue weighted by atomic mass is 127. The molecule has 100 valence electrons. The molecule has 0 fully saturated rings. The summed E-state index contributed by atoms with van der Waals surface area (Å²) in [5.41, 5.74) is 0.551. The molecule has 7 heteroatoms. The smallest absolute Gasteiger partial charge is 0.327 e. The molecule has 0 aliphatic carbocycles. The van der Waals surface area contributed by atoms with Crippen LogP contribution in [-0.4, -0.2) is 23.1 Å². The molecule has 2 amide bonds. The second-order valence-corrected chi connectivity index (χ2v) is 5.54. The van der Waals surface area contributed by atoms with Gasteiger partial charge in [-0.3, -0.25) is 0 Å². The van der Waals surface area contributed by atoms with Gasteiger partial charge in [-0.05, 0) is 56.7 Å². The minimum Gasteiger partial charge on any atom is -0.480 e. The maximum absolute atomic E-state index is 11.6. The van der Waals surface area contributed by atoms with Crippen LogP contribution in [0.1, 0.15) is 6.42 Å². The Morgan fingerprint density at radius 1 is 1.53 bits per heavy atom. The first-order chi connectivity index (χ1) is 8.93. The number of hydrogen-bond donors (Lipinski definition) is 3. The number of hydrogen-bond acceptors (Lipinski definition) is 2. The van der Waals surface area contributed by atoms with E-state index in [0.29, 0.717) is 5.69 Å². The molecule has 0 aromatic heterocycles. The zero-order valence-electron chi connectivity index (χ0n) is 9.61.